The van der Waals surface area contributed by atoms with Crippen molar-refractivity contribution in [1.82, 2.24) is 0 Å². The van der Waals surface area contributed by atoms with E-state index in [0.717, 1.165) is 37.3 Å². The third-order valence-electron chi connectivity index (χ3n) is 3.45. The van der Waals surface area contributed by atoms with Crippen LogP contribution in [0.15, 0.2) is 24.3 Å². The Labute approximate surface area is 121 Å². The predicted molar refractivity (Wildman–Crippen MR) is 79.9 cm³/mol. The fraction of sp³-hybridized carbons (Fsp3) is 0.625. The number of benzene rings is 1. The van der Waals surface area contributed by atoms with E-state index in [2.05, 4.69) is 13.8 Å². The number of hydrogen-bond donors (Lipinski definition) is 1. The van der Waals surface area contributed by atoms with Crippen LogP contribution in [-0.4, -0.2) is 31.5 Å². The first-order valence-corrected chi connectivity index (χ1v) is 7.39. The predicted octanol–water partition coefficient (Wildman–Crippen LogP) is 3.01. The second kappa shape index (κ2) is 7.50. The number of anilines is 1. The molecule has 2 N–H and O–H groups in total. The molecule has 0 spiro atoms. The molecule has 0 saturated carbocycles. The number of nitrogens with two attached hydrogens (primary N) is 1. The van der Waals surface area contributed by atoms with Gasteiger partial charge in [-0.3, -0.25) is 0 Å². The Kier molecular flexibility index (Phi) is 5.68. The molecule has 0 aromatic heterocycles. The highest BCUT2D eigenvalue weighted by Gasteiger charge is 2.24. The van der Waals surface area contributed by atoms with Crippen molar-refractivity contribution < 1.29 is 14.2 Å². The third kappa shape index (κ3) is 5.02. The highest BCUT2D eigenvalue weighted by Crippen LogP contribution is 2.21. The first-order chi connectivity index (χ1) is 9.63. The smallest absolute Gasteiger partial charge is 0.119 e. The Bertz CT molecular complexity index is 383. The van der Waals surface area contributed by atoms with Gasteiger partial charge in [0.1, 0.15) is 5.75 Å². The maximum atomic E-state index is 5.90. The van der Waals surface area contributed by atoms with Gasteiger partial charge in [0.05, 0.1) is 31.5 Å². The third-order valence-corrected chi connectivity index (χ3v) is 3.45. The van der Waals surface area contributed by atoms with E-state index in [1.54, 1.807) is 0 Å². The van der Waals surface area contributed by atoms with Crippen LogP contribution in [0.25, 0.3) is 0 Å². The minimum absolute atomic E-state index is 0.301. The fourth-order valence-corrected chi connectivity index (χ4v) is 2.54. The highest BCUT2D eigenvalue weighted by atomic mass is 16.5. The van der Waals surface area contributed by atoms with Crippen molar-refractivity contribution in [1.29, 1.82) is 0 Å². The van der Waals surface area contributed by atoms with Gasteiger partial charge < -0.3 is 19.9 Å². The Balaban J connectivity index is 1.58. The zero-order valence-corrected chi connectivity index (χ0v) is 12.4. The van der Waals surface area contributed by atoms with Crippen molar-refractivity contribution in [2.75, 3.05) is 18.9 Å². The molecule has 1 heterocycles. The molecule has 112 valence electrons. The van der Waals surface area contributed by atoms with Crippen LogP contribution in [0.3, 0.4) is 0 Å². The molecule has 0 radical (unpaired) electrons. The molecule has 1 aromatic carbocycles. The summed E-state index contributed by atoms with van der Waals surface area (Å²) in [6, 6.07) is 7.46. The van der Waals surface area contributed by atoms with Gasteiger partial charge in [-0.25, -0.2) is 0 Å². The van der Waals surface area contributed by atoms with Gasteiger partial charge in [0.25, 0.3) is 0 Å². The van der Waals surface area contributed by atoms with Crippen molar-refractivity contribution >= 4 is 5.69 Å². The second-order valence-electron chi connectivity index (χ2n) is 5.49. The molecule has 1 saturated heterocycles. The number of hydrogen-bond acceptors (Lipinski definition) is 4. The van der Waals surface area contributed by atoms with Crippen LogP contribution >= 0.6 is 0 Å². The lowest BCUT2D eigenvalue weighted by atomic mass is 10.0. The van der Waals surface area contributed by atoms with Gasteiger partial charge in [-0.1, -0.05) is 0 Å². The summed E-state index contributed by atoms with van der Waals surface area (Å²) in [5.41, 5.74) is 6.38. The maximum Gasteiger partial charge on any atom is 0.119 e. The summed E-state index contributed by atoms with van der Waals surface area (Å²) >= 11 is 0. The minimum atomic E-state index is 0.301. The monoisotopic (exact) mass is 279 g/mol. The van der Waals surface area contributed by atoms with Crippen molar-refractivity contribution in [3.05, 3.63) is 24.3 Å². The van der Waals surface area contributed by atoms with E-state index >= 15 is 0 Å². The number of ether oxygens (including phenoxy) is 3. The normalized spacial score (nSPS) is 26.4. The van der Waals surface area contributed by atoms with Crippen LogP contribution in [-0.2, 0) is 9.47 Å². The second-order valence-corrected chi connectivity index (χ2v) is 5.49. The van der Waals surface area contributed by atoms with Crippen LogP contribution in [0.4, 0.5) is 5.69 Å². The van der Waals surface area contributed by atoms with E-state index in [4.69, 9.17) is 19.9 Å². The van der Waals surface area contributed by atoms with E-state index in [0.29, 0.717) is 24.9 Å². The van der Waals surface area contributed by atoms with Crippen molar-refractivity contribution in [2.24, 2.45) is 0 Å². The Morgan fingerprint density at radius 2 is 1.75 bits per heavy atom. The SMILES string of the molecule is CC1CC(OCCCOc2ccc(N)cc2)CC(C)O1. The number of nitrogen functional groups attached to an aromatic ring is 1. The lowest BCUT2D eigenvalue weighted by molar-refractivity contribution is -0.102. The molecule has 1 aliphatic rings. The zero-order chi connectivity index (χ0) is 14.4. The molecule has 4 nitrogen and oxygen atoms in total. The average molecular weight is 279 g/mol. The van der Waals surface area contributed by atoms with Crippen LogP contribution < -0.4 is 10.5 Å². The van der Waals surface area contributed by atoms with Gasteiger partial charge in [0.15, 0.2) is 0 Å². The molecular formula is C16H25NO3. The van der Waals surface area contributed by atoms with Gasteiger partial charge in [-0.2, -0.15) is 0 Å². The fourth-order valence-electron chi connectivity index (χ4n) is 2.54. The molecular weight excluding hydrogens is 254 g/mol. The summed E-state index contributed by atoms with van der Waals surface area (Å²) in [6.45, 7) is 5.61. The molecule has 20 heavy (non-hydrogen) atoms. The largest absolute Gasteiger partial charge is 0.494 e. The summed E-state index contributed by atoms with van der Waals surface area (Å²) < 4.78 is 17.2. The van der Waals surface area contributed by atoms with Gasteiger partial charge in [0.2, 0.25) is 0 Å². The van der Waals surface area contributed by atoms with E-state index in [1.807, 2.05) is 24.3 Å². The van der Waals surface area contributed by atoms with Crippen molar-refractivity contribution in [3.63, 3.8) is 0 Å². The molecule has 2 unspecified atom stereocenters. The first-order valence-electron chi connectivity index (χ1n) is 7.39. The summed E-state index contributed by atoms with van der Waals surface area (Å²) in [7, 11) is 0. The van der Waals surface area contributed by atoms with Crippen molar-refractivity contribution in [2.45, 2.75) is 51.4 Å². The molecule has 1 fully saturated rings. The molecule has 2 atom stereocenters. The lowest BCUT2D eigenvalue weighted by Gasteiger charge is -2.32. The minimum Gasteiger partial charge on any atom is -0.494 e. The van der Waals surface area contributed by atoms with Gasteiger partial charge in [-0.15, -0.1) is 0 Å². The zero-order valence-electron chi connectivity index (χ0n) is 12.4. The van der Waals surface area contributed by atoms with Gasteiger partial charge >= 0.3 is 0 Å². The van der Waals surface area contributed by atoms with Crippen LogP contribution in [0.1, 0.15) is 33.1 Å². The number of rotatable bonds is 6. The summed E-state index contributed by atoms with van der Waals surface area (Å²) in [6.07, 6.45) is 3.80. The van der Waals surface area contributed by atoms with Gasteiger partial charge in [-0.05, 0) is 51.0 Å². The molecule has 0 amide bonds. The molecule has 1 aromatic rings. The molecule has 0 aliphatic carbocycles. The van der Waals surface area contributed by atoms with E-state index in [9.17, 15) is 0 Å². The molecule has 1 aliphatic heterocycles. The lowest BCUT2D eigenvalue weighted by Crippen LogP contribution is -2.34. The molecule has 0 bridgehead atoms. The van der Waals surface area contributed by atoms with E-state index in [1.165, 1.54) is 0 Å². The summed E-state index contributed by atoms with van der Waals surface area (Å²) in [5, 5.41) is 0. The Morgan fingerprint density at radius 3 is 2.40 bits per heavy atom. The highest BCUT2D eigenvalue weighted by molar-refractivity contribution is 5.41. The van der Waals surface area contributed by atoms with Crippen LogP contribution in [0.2, 0.25) is 0 Å². The summed E-state index contributed by atoms with van der Waals surface area (Å²) in [4.78, 5) is 0. The van der Waals surface area contributed by atoms with Crippen LogP contribution in [0.5, 0.6) is 5.75 Å². The Hall–Kier alpha value is -1.26. The standard InChI is InChI=1S/C16H25NO3/c1-12-10-16(11-13(2)20-12)19-9-3-8-18-15-6-4-14(17)5-7-15/h4-7,12-13,16H,3,8-11,17H2,1-2H3. The quantitative estimate of drug-likeness (QED) is 0.642. The Morgan fingerprint density at radius 1 is 1.10 bits per heavy atom. The average Bonchev–Trinajstić information content (AvgIpc) is 2.39. The van der Waals surface area contributed by atoms with Crippen LogP contribution in [0, 0.1) is 0 Å². The van der Waals surface area contributed by atoms with Crippen molar-refractivity contribution in [3.8, 4) is 5.75 Å². The van der Waals surface area contributed by atoms with E-state index in [-0.39, 0.29) is 0 Å². The van der Waals surface area contributed by atoms with Gasteiger partial charge in [0, 0.05) is 12.1 Å². The van der Waals surface area contributed by atoms with E-state index < -0.39 is 0 Å². The first kappa shape index (κ1) is 15.1. The maximum absolute atomic E-state index is 5.90. The molecule has 2 rings (SSSR count). The molecule has 4 heteroatoms. The summed E-state index contributed by atoms with van der Waals surface area (Å²) in [5.74, 6) is 0.854. The topological polar surface area (TPSA) is 53.7 Å².